The molecule has 144 valence electrons. The number of halogens is 1. The normalized spacial score (nSPS) is 15.9. The zero-order valence-electron chi connectivity index (χ0n) is 15.9. The Morgan fingerprint density at radius 3 is 2.75 bits per heavy atom. The Kier molecular flexibility index (Phi) is 5.22. The molecule has 0 spiro atoms. The molecule has 1 aliphatic rings. The number of aromatic nitrogens is 2. The number of aryl methyl sites for hydroxylation is 2. The van der Waals surface area contributed by atoms with E-state index >= 15 is 0 Å². The lowest BCUT2D eigenvalue weighted by Crippen LogP contribution is -2.30. The van der Waals surface area contributed by atoms with Crippen molar-refractivity contribution < 1.29 is 9.18 Å². The van der Waals surface area contributed by atoms with E-state index in [9.17, 15) is 9.18 Å². The van der Waals surface area contributed by atoms with Crippen molar-refractivity contribution in [1.82, 2.24) is 15.1 Å². The van der Waals surface area contributed by atoms with Gasteiger partial charge in [0.05, 0.1) is 18.3 Å². The van der Waals surface area contributed by atoms with Gasteiger partial charge in [0.2, 0.25) is 0 Å². The van der Waals surface area contributed by atoms with E-state index in [0.717, 1.165) is 34.7 Å². The molecule has 0 saturated heterocycles. The minimum Gasteiger partial charge on any atom is -0.345 e. The van der Waals surface area contributed by atoms with Crippen molar-refractivity contribution in [1.29, 1.82) is 0 Å². The van der Waals surface area contributed by atoms with Crippen LogP contribution in [0.3, 0.4) is 0 Å². The average molecular weight is 396 g/mol. The third kappa shape index (κ3) is 3.83. The summed E-state index contributed by atoms with van der Waals surface area (Å²) in [6.07, 6.45) is 0.795. The highest BCUT2D eigenvalue weighted by molar-refractivity contribution is 7.99. The van der Waals surface area contributed by atoms with Crippen molar-refractivity contribution in [3.05, 3.63) is 82.4 Å². The Morgan fingerprint density at radius 1 is 1.25 bits per heavy atom. The highest BCUT2D eigenvalue weighted by atomic mass is 32.2. The Labute approximate surface area is 168 Å². The van der Waals surface area contributed by atoms with Gasteiger partial charge in [-0.05, 0) is 55.7 Å². The number of hydrogen-bond acceptors (Lipinski definition) is 3. The molecule has 0 fully saturated rings. The Morgan fingerprint density at radius 2 is 2.04 bits per heavy atom. The highest BCUT2D eigenvalue weighted by Gasteiger charge is 2.24. The van der Waals surface area contributed by atoms with Crippen molar-refractivity contribution in [2.45, 2.75) is 37.8 Å². The fourth-order valence-corrected chi connectivity index (χ4v) is 4.69. The molecule has 1 aliphatic heterocycles. The lowest BCUT2D eigenvalue weighted by Gasteiger charge is -2.26. The molecule has 0 saturated carbocycles. The summed E-state index contributed by atoms with van der Waals surface area (Å²) in [7, 11) is 0. The average Bonchev–Trinajstić information content (AvgIpc) is 3.00. The van der Waals surface area contributed by atoms with Crippen LogP contribution in [0.1, 0.15) is 45.3 Å². The lowest BCUT2D eigenvalue weighted by molar-refractivity contribution is 0.0934. The number of rotatable bonds is 4. The van der Waals surface area contributed by atoms with Crippen molar-refractivity contribution in [2.75, 3.05) is 5.75 Å². The van der Waals surface area contributed by atoms with Crippen LogP contribution >= 0.6 is 11.8 Å². The molecule has 1 amide bonds. The first kappa shape index (κ1) is 18.7. The first-order valence-electron chi connectivity index (χ1n) is 9.33. The van der Waals surface area contributed by atoms with Crippen molar-refractivity contribution in [2.24, 2.45) is 0 Å². The predicted molar refractivity (Wildman–Crippen MR) is 109 cm³/mol. The van der Waals surface area contributed by atoms with Crippen LogP contribution in [0.15, 0.2) is 53.4 Å². The third-order valence-electron chi connectivity index (χ3n) is 4.98. The zero-order chi connectivity index (χ0) is 19.7. The molecular weight excluding hydrogens is 373 g/mol. The molecule has 1 N–H and O–H groups in total. The topological polar surface area (TPSA) is 46.9 Å². The van der Waals surface area contributed by atoms with E-state index in [0.29, 0.717) is 17.0 Å². The maximum Gasteiger partial charge on any atom is 0.251 e. The molecule has 0 unspecified atom stereocenters. The summed E-state index contributed by atoms with van der Waals surface area (Å²) in [6.45, 7) is 4.68. The number of nitrogens with one attached hydrogen (secondary N) is 1. The summed E-state index contributed by atoms with van der Waals surface area (Å²) in [5.41, 5.74) is 4.67. The Hall–Kier alpha value is -2.60. The molecule has 0 radical (unpaired) electrons. The first-order valence-corrected chi connectivity index (χ1v) is 10.3. The van der Waals surface area contributed by atoms with Crippen LogP contribution < -0.4 is 5.32 Å². The van der Waals surface area contributed by atoms with Gasteiger partial charge < -0.3 is 5.32 Å². The molecule has 1 aromatic heterocycles. The third-order valence-corrected chi connectivity index (χ3v) is 6.14. The van der Waals surface area contributed by atoms with E-state index in [-0.39, 0.29) is 17.8 Å². The standard InChI is InChI=1S/C22H22FN3OS/c1-14-12-15(2)26(25-14)13-16-6-8-17(9-7-16)22(27)24-20-10-11-28-21-18(20)4-3-5-19(21)23/h3-9,12,20H,10-11,13H2,1-2H3,(H,24,27)/t20-/m0/s1. The molecule has 0 bridgehead atoms. The molecule has 2 heterocycles. The van der Waals surface area contributed by atoms with Crippen molar-refractivity contribution in [3.8, 4) is 0 Å². The molecule has 6 heteroatoms. The van der Waals surface area contributed by atoms with Gasteiger partial charge in [-0.2, -0.15) is 5.10 Å². The van der Waals surface area contributed by atoms with E-state index in [4.69, 9.17) is 0 Å². The minimum atomic E-state index is -0.213. The zero-order valence-corrected chi connectivity index (χ0v) is 16.7. The van der Waals surface area contributed by atoms with Crippen LogP contribution in [0, 0.1) is 19.7 Å². The molecule has 4 nitrogen and oxygen atoms in total. The largest absolute Gasteiger partial charge is 0.345 e. The summed E-state index contributed by atoms with van der Waals surface area (Å²) in [5.74, 6) is 0.445. The van der Waals surface area contributed by atoms with Crippen LogP contribution in [0.2, 0.25) is 0 Å². The maximum absolute atomic E-state index is 14.0. The smallest absolute Gasteiger partial charge is 0.251 e. The van der Waals surface area contributed by atoms with Crippen LogP contribution in [0.25, 0.3) is 0 Å². The molecule has 1 atom stereocenters. The number of carbonyl (C=O) groups excluding carboxylic acids is 1. The second kappa shape index (κ2) is 7.80. The summed E-state index contributed by atoms with van der Waals surface area (Å²) in [6, 6.07) is 14.5. The number of hydrogen-bond donors (Lipinski definition) is 1. The quantitative estimate of drug-likeness (QED) is 0.699. The minimum absolute atomic E-state index is 0.134. The molecule has 4 rings (SSSR count). The second-order valence-corrected chi connectivity index (χ2v) is 8.21. The van der Waals surface area contributed by atoms with E-state index in [1.807, 2.05) is 54.9 Å². The lowest BCUT2D eigenvalue weighted by atomic mass is 10.0. The number of fused-ring (bicyclic) bond motifs is 1. The number of carbonyl (C=O) groups is 1. The SMILES string of the molecule is Cc1cc(C)n(Cc2ccc(C(=O)N[C@H]3CCSc4c(F)cccc43)cc2)n1. The number of nitrogens with zero attached hydrogens (tertiary/aromatic N) is 2. The van der Waals surface area contributed by atoms with Gasteiger partial charge in [-0.25, -0.2) is 4.39 Å². The van der Waals surface area contributed by atoms with Gasteiger partial charge in [0.15, 0.2) is 0 Å². The van der Waals surface area contributed by atoms with Crippen LogP contribution in [-0.4, -0.2) is 21.4 Å². The monoisotopic (exact) mass is 395 g/mol. The van der Waals surface area contributed by atoms with Gasteiger partial charge >= 0.3 is 0 Å². The highest BCUT2D eigenvalue weighted by Crippen LogP contribution is 2.37. The van der Waals surface area contributed by atoms with Crippen LogP contribution in [0.4, 0.5) is 4.39 Å². The number of thioether (sulfide) groups is 1. The first-order chi connectivity index (χ1) is 13.5. The van der Waals surface area contributed by atoms with Gasteiger partial charge in [0.1, 0.15) is 5.82 Å². The van der Waals surface area contributed by atoms with E-state index in [2.05, 4.69) is 10.4 Å². The molecule has 0 aliphatic carbocycles. The van der Waals surface area contributed by atoms with Crippen LogP contribution in [0.5, 0.6) is 0 Å². The summed E-state index contributed by atoms with van der Waals surface area (Å²) in [4.78, 5) is 13.4. The van der Waals surface area contributed by atoms with E-state index in [1.54, 1.807) is 6.07 Å². The maximum atomic E-state index is 14.0. The fraction of sp³-hybridized carbons (Fsp3) is 0.273. The fourth-order valence-electron chi connectivity index (χ4n) is 3.55. The molecular formula is C22H22FN3OS. The van der Waals surface area contributed by atoms with E-state index < -0.39 is 0 Å². The molecule has 2 aromatic carbocycles. The van der Waals surface area contributed by atoms with Crippen LogP contribution in [-0.2, 0) is 6.54 Å². The Bertz CT molecular complexity index is 1010. The summed E-state index contributed by atoms with van der Waals surface area (Å²) < 4.78 is 16.0. The second-order valence-electron chi connectivity index (χ2n) is 7.10. The van der Waals surface area contributed by atoms with Crippen molar-refractivity contribution >= 4 is 17.7 Å². The van der Waals surface area contributed by atoms with E-state index in [1.165, 1.54) is 17.8 Å². The number of amides is 1. The van der Waals surface area contributed by atoms with Gasteiger partial charge in [-0.3, -0.25) is 9.48 Å². The van der Waals surface area contributed by atoms with Crippen molar-refractivity contribution in [3.63, 3.8) is 0 Å². The predicted octanol–water partition coefficient (Wildman–Crippen LogP) is 4.65. The summed E-state index contributed by atoms with van der Waals surface area (Å²) in [5, 5.41) is 7.54. The Balaban J connectivity index is 1.46. The van der Waals surface area contributed by atoms with Gasteiger partial charge in [0, 0.05) is 21.9 Å². The number of benzene rings is 2. The summed E-state index contributed by atoms with van der Waals surface area (Å²) >= 11 is 1.51. The molecule has 3 aromatic rings. The van der Waals surface area contributed by atoms with Gasteiger partial charge in [-0.15, -0.1) is 11.8 Å². The van der Waals surface area contributed by atoms with Gasteiger partial charge in [-0.1, -0.05) is 24.3 Å². The van der Waals surface area contributed by atoms with Gasteiger partial charge in [0.25, 0.3) is 5.91 Å². The molecule has 28 heavy (non-hydrogen) atoms.